The number of hydrogen-bond acceptors (Lipinski definition) is 6. The molecule has 1 aromatic rings. The first-order valence-corrected chi connectivity index (χ1v) is 7.77. The third kappa shape index (κ3) is 2.37. The van der Waals surface area contributed by atoms with Gasteiger partial charge >= 0.3 is 5.97 Å². The van der Waals surface area contributed by atoms with Gasteiger partial charge in [-0.1, -0.05) is 18.2 Å². The Bertz CT molecular complexity index is 615. The molecule has 0 aromatic heterocycles. The van der Waals surface area contributed by atoms with Crippen molar-refractivity contribution in [2.24, 2.45) is 0 Å². The van der Waals surface area contributed by atoms with Gasteiger partial charge in [-0.05, 0) is 26.0 Å². The molecule has 1 aromatic carbocycles. The van der Waals surface area contributed by atoms with Crippen LogP contribution in [-0.2, 0) is 23.7 Å². The van der Waals surface area contributed by atoms with Crippen molar-refractivity contribution in [2.75, 3.05) is 7.11 Å². The van der Waals surface area contributed by atoms with Crippen LogP contribution in [0.3, 0.4) is 0 Å². The second-order valence-electron chi connectivity index (χ2n) is 6.66. The van der Waals surface area contributed by atoms with Crippen LogP contribution in [-0.4, -0.2) is 49.1 Å². The van der Waals surface area contributed by atoms with Crippen LogP contribution in [0.15, 0.2) is 30.3 Å². The lowest BCUT2D eigenvalue weighted by Gasteiger charge is -2.23. The largest absolute Gasteiger partial charge is 0.455 e. The van der Waals surface area contributed by atoms with Crippen molar-refractivity contribution in [3.8, 4) is 0 Å². The maximum absolute atomic E-state index is 12.2. The molecule has 0 N–H and O–H groups in total. The first-order valence-electron chi connectivity index (χ1n) is 7.77. The van der Waals surface area contributed by atoms with E-state index in [4.69, 9.17) is 23.7 Å². The minimum absolute atomic E-state index is 0.295. The molecule has 3 unspecified atom stereocenters. The Hall–Kier alpha value is -1.47. The van der Waals surface area contributed by atoms with Crippen molar-refractivity contribution >= 4 is 5.97 Å². The second kappa shape index (κ2) is 5.01. The van der Waals surface area contributed by atoms with E-state index in [1.165, 1.54) is 0 Å². The number of hydrogen-bond donors (Lipinski definition) is 0. The van der Waals surface area contributed by atoms with E-state index in [9.17, 15) is 4.79 Å². The fraction of sp³-hybridized carbons (Fsp3) is 0.588. The molecule has 23 heavy (non-hydrogen) atoms. The first-order chi connectivity index (χ1) is 11.0. The zero-order valence-corrected chi connectivity index (χ0v) is 13.4. The molecular weight excluding hydrogens is 300 g/mol. The third-order valence-electron chi connectivity index (χ3n) is 4.59. The summed E-state index contributed by atoms with van der Waals surface area (Å²) in [6.45, 7) is 3.72. The molecule has 1 spiro atoms. The zero-order valence-electron chi connectivity index (χ0n) is 13.4. The Balaban J connectivity index is 1.49. The summed E-state index contributed by atoms with van der Waals surface area (Å²) in [5, 5.41) is 0. The average Bonchev–Trinajstić information content (AvgIpc) is 3.00. The number of ether oxygens (including phenoxy) is 5. The predicted molar refractivity (Wildman–Crippen MR) is 78.7 cm³/mol. The molecule has 6 heteroatoms. The quantitative estimate of drug-likeness (QED) is 0.793. The van der Waals surface area contributed by atoms with Gasteiger partial charge in [0.05, 0.1) is 5.56 Å². The summed E-state index contributed by atoms with van der Waals surface area (Å²) in [7, 11) is 1.57. The van der Waals surface area contributed by atoms with E-state index in [-0.39, 0.29) is 24.3 Å². The Morgan fingerprint density at radius 1 is 1.17 bits per heavy atom. The van der Waals surface area contributed by atoms with Crippen LogP contribution < -0.4 is 0 Å². The summed E-state index contributed by atoms with van der Waals surface area (Å²) >= 11 is 0. The van der Waals surface area contributed by atoms with Crippen molar-refractivity contribution < 1.29 is 28.5 Å². The summed E-state index contributed by atoms with van der Waals surface area (Å²) in [5.41, 5.74) is -0.139. The minimum atomic E-state index is -0.695. The summed E-state index contributed by atoms with van der Waals surface area (Å²) in [6, 6.07) is 8.92. The molecule has 3 aliphatic rings. The number of benzene rings is 1. The van der Waals surface area contributed by atoms with Gasteiger partial charge in [-0.3, -0.25) is 0 Å². The summed E-state index contributed by atoms with van der Waals surface area (Å²) in [6.07, 6.45) is -0.875. The monoisotopic (exact) mass is 320 g/mol. The van der Waals surface area contributed by atoms with Gasteiger partial charge in [0.25, 0.3) is 0 Å². The molecule has 2 heterocycles. The predicted octanol–water partition coefficient (Wildman–Crippen LogP) is 1.88. The minimum Gasteiger partial charge on any atom is -0.455 e. The lowest BCUT2D eigenvalue weighted by Crippen LogP contribution is -2.35. The molecule has 2 saturated heterocycles. The van der Waals surface area contributed by atoms with Crippen LogP contribution in [0.2, 0.25) is 0 Å². The smallest absolute Gasteiger partial charge is 0.338 e. The van der Waals surface area contributed by atoms with Gasteiger partial charge < -0.3 is 23.7 Å². The lowest BCUT2D eigenvalue weighted by molar-refractivity contribution is -0.236. The van der Waals surface area contributed by atoms with E-state index in [0.29, 0.717) is 12.0 Å². The van der Waals surface area contributed by atoms with Crippen LogP contribution in [0.5, 0.6) is 0 Å². The fourth-order valence-corrected chi connectivity index (χ4v) is 3.47. The number of rotatable bonds is 3. The van der Waals surface area contributed by atoms with Gasteiger partial charge in [-0.25, -0.2) is 4.79 Å². The van der Waals surface area contributed by atoms with E-state index >= 15 is 0 Å². The van der Waals surface area contributed by atoms with Gasteiger partial charge in [0.1, 0.15) is 23.9 Å². The molecule has 0 bridgehead atoms. The van der Waals surface area contributed by atoms with Crippen LogP contribution in [0, 0.1) is 0 Å². The molecule has 0 radical (unpaired) electrons. The summed E-state index contributed by atoms with van der Waals surface area (Å²) in [5.74, 6) is -1.05. The standard InChI is InChI=1S/C17H20O6/c1-16(2)21-12-13(22-16)17(23-15(12)19-3)9-11(17)20-14(18)10-7-5-4-6-8-10/h4-8,11-13,15H,9H2,1-3H3/t11-,12?,13?,15?,17+/m1/s1. The second-order valence-corrected chi connectivity index (χ2v) is 6.66. The van der Waals surface area contributed by atoms with Crippen LogP contribution in [0.25, 0.3) is 0 Å². The van der Waals surface area contributed by atoms with Gasteiger partial charge in [-0.15, -0.1) is 0 Å². The molecule has 2 aliphatic heterocycles. The van der Waals surface area contributed by atoms with Crippen molar-refractivity contribution in [1.82, 2.24) is 0 Å². The van der Waals surface area contributed by atoms with Crippen LogP contribution in [0.1, 0.15) is 30.6 Å². The number of fused-ring (bicyclic) bond motifs is 2. The lowest BCUT2D eigenvalue weighted by atomic mass is 10.1. The molecule has 5 atom stereocenters. The Labute approximate surface area is 134 Å². The van der Waals surface area contributed by atoms with E-state index in [0.717, 1.165) is 0 Å². The van der Waals surface area contributed by atoms with E-state index in [1.54, 1.807) is 31.4 Å². The average molecular weight is 320 g/mol. The summed E-state index contributed by atoms with van der Waals surface area (Å²) in [4.78, 5) is 12.2. The maximum atomic E-state index is 12.2. The van der Waals surface area contributed by atoms with Gasteiger partial charge in [-0.2, -0.15) is 0 Å². The highest BCUT2D eigenvalue weighted by Crippen LogP contribution is 2.57. The van der Waals surface area contributed by atoms with Gasteiger partial charge in [0.2, 0.25) is 0 Å². The number of carbonyl (C=O) groups excluding carboxylic acids is 1. The van der Waals surface area contributed by atoms with Crippen molar-refractivity contribution in [2.45, 2.75) is 56.3 Å². The van der Waals surface area contributed by atoms with Crippen LogP contribution in [0.4, 0.5) is 0 Å². The Morgan fingerprint density at radius 2 is 1.91 bits per heavy atom. The Morgan fingerprint density at radius 3 is 2.61 bits per heavy atom. The normalized spacial score (nSPS) is 40.1. The highest BCUT2D eigenvalue weighted by atomic mass is 16.8. The van der Waals surface area contributed by atoms with Crippen molar-refractivity contribution in [1.29, 1.82) is 0 Å². The van der Waals surface area contributed by atoms with Crippen molar-refractivity contribution in [3.05, 3.63) is 35.9 Å². The maximum Gasteiger partial charge on any atom is 0.338 e. The molecule has 124 valence electrons. The summed E-state index contributed by atoms with van der Waals surface area (Å²) < 4.78 is 28.8. The van der Waals surface area contributed by atoms with E-state index < -0.39 is 17.7 Å². The van der Waals surface area contributed by atoms with E-state index in [1.807, 2.05) is 19.9 Å². The molecule has 1 aliphatic carbocycles. The highest BCUT2D eigenvalue weighted by molar-refractivity contribution is 5.89. The molecular formula is C17H20O6. The molecule has 0 amide bonds. The fourth-order valence-electron chi connectivity index (χ4n) is 3.47. The SMILES string of the molecule is COC1O[C@]2(C[C@H]2OC(=O)c2ccccc2)C2OC(C)(C)OC12. The zero-order chi connectivity index (χ0) is 16.2. The number of carbonyl (C=O) groups is 1. The van der Waals surface area contributed by atoms with Crippen molar-refractivity contribution in [3.63, 3.8) is 0 Å². The first kappa shape index (κ1) is 15.1. The number of esters is 1. The van der Waals surface area contributed by atoms with E-state index in [2.05, 4.69) is 0 Å². The molecule has 1 saturated carbocycles. The van der Waals surface area contributed by atoms with Gasteiger partial charge in [0.15, 0.2) is 12.1 Å². The Kier molecular flexibility index (Phi) is 3.29. The highest BCUT2D eigenvalue weighted by Gasteiger charge is 2.75. The molecule has 6 nitrogen and oxygen atoms in total. The van der Waals surface area contributed by atoms with Gasteiger partial charge in [0, 0.05) is 13.5 Å². The molecule has 3 fully saturated rings. The topological polar surface area (TPSA) is 63.2 Å². The number of methoxy groups -OCH3 is 1. The molecule has 4 rings (SSSR count). The van der Waals surface area contributed by atoms with Crippen LogP contribution >= 0.6 is 0 Å². The third-order valence-corrected chi connectivity index (χ3v) is 4.59.